The van der Waals surface area contributed by atoms with Gasteiger partial charge in [-0.15, -0.1) is 0 Å². The molecule has 4 nitrogen and oxygen atoms in total. The van der Waals surface area contributed by atoms with Crippen molar-refractivity contribution in [3.05, 3.63) is 0 Å². The van der Waals surface area contributed by atoms with Gasteiger partial charge in [0.2, 0.25) is 0 Å². The third kappa shape index (κ3) is 2.99. The summed E-state index contributed by atoms with van der Waals surface area (Å²) in [5, 5.41) is 8.99. The Bertz CT molecular complexity index is 255. The predicted molar refractivity (Wildman–Crippen MR) is 64.5 cm³/mol. The van der Waals surface area contributed by atoms with Gasteiger partial charge < -0.3 is 9.84 Å². The SMILES string of the molecule is CCOC(=O)C1CCC(N2CC(CO)C2)CC1. The Morgan fingerprint density at radius 3 is 2.47 bits per heavy atom. The second-order valence-electron chi connectivity index (χ2n) is 5.26. The number of aliphatic hydroxyl groups excluding tert-OH is 1. The number of likely N-dealkylation sites (tertiary alicyclic amines) is 1. The zero-order chi connectivity index (χ0) is 12.3. The first-order valence-electron chi connectivity index (χ1n) is 6.76. The number of nitrogens with zero attached hydrogens (tertiary/aromatic N) is 1. The summed E-state index contributed by atoms with van der Waals surface area (Å²) < 4.78 is 5.07. The number of hydrogen-bond acceptors (Lipinski definition) is 4. The van der Waals surface area contributed by atoms with Crippen molar-refractivity contribution in [2.45, 2.75) is 38.6 Å². The number of rotatable bonds is 4. The molecule has 2 rings (SSSR count). The Labute approximate surface area is 103 Å². The van der Waals surface area contributed by atoms with E-state index in [1.807, 2.05) is 6.92 Å². The number of esters is 1. The second-order valence-corrected chi connectivity index (χ2v) is 5.26. The zero-order valence-electron chi connectivity index (χ0n) is 10.6. The van der Waals surface area contributed by atoms with Crippen molar-refractivity contribution >= 4 is 5.97 Å². The first-order chi connectivity index (χ1) is 8.24. The molecule has 0 bridgehead atoms. The fourth-order valence-corrected chi connectivity index (χ4v) is 2.96. The molecule has 98 valence electrons. The van der Waals surface area contributed by atoms with Crippen molar-refractivity contribution in [1.29, 1.82) is 0 Å². The summed E-state index contributed by atoms with van der Waals surface area (Å²) in [6.07, 6.45) is 4.12. The quantitative estimate of drug-likeness (QED) is 0.747. The van der Waals surface area contributed by atoms with Crippen LogP contribution < -0.4 is 0 Å². The fourth-order valence-electron chi connectivity index (χ4n) is 2.96. The van der Waals surface area contributed by atoms with Gasteiger partial charge in [-0.25, -0.2) is 0 Å². The molecule has 0 spiro atoms. The van der Waals surface area contributed by atoms with Crippen molar-refractivity contribution in [3.63, 3.8) is 0 Å². The van der Waals surface area contributed by atoms with Gasteiger partial charge in [0.25, 0.3) is 0 Å². The first-order valence-corrected chi connectivity index (χ1v) is 6.76. The van der Waals surface area contributed by atoms with Crippen LogP contribution >= 0.6 is 0 Å². The molecule has 0 atom stereocenters. The number of hydrogen-bond donors (Lipinski definition) is 1. The van der Waals surface area contributed by atoms with E-state index in [1.165, 1.54) is 0 Å². The van der Waals surface area contributed by atoms with E-state index in [9.17, 15) is 4.79 Å². The maximum Gasteiger partial charge on any atom is 0.308 e. The summed E-state index contributed by atoms with van der Waals surface area (Å²) in [4.78, 5) is 14.0. The molecule has 2 fully saturated rings. The van der Waals surface area contributed by atoms with E-state index in [-0.39, 0.29) is 11.9 Å². The molecular formula is C13H23NO3. The van der Waals surface area contributed by atoms with E-state index in [1.54, 1.807) is 0 Å². The minimum absolute atomic E-state index is 0.0113. The highest BCUT2D eigenvalue weighted by Crippen LogP contribution is 2.31. The van der Waals surface area contributed by atoms with E-state index in [4.69, 9.17) is 9.84 Å². The van der Waals surface area contributed by atoms with Crippen molar-refractivity contribution < 1.29 is 14.6 Å². The maximum atomic E-state index is 11.6. The lowest BCUT2D eigenvalue weighted by atomic mass is 9.83. The van der Waals surface area contributed by atoms with Crippen molar-refractivity contribution in [2.75, 3.05) is 26.3 Å². The van der Waals surface area contributed by atoms with Gasteiger partial charge in [0.15, 0.2) is 0 Å². The topological polar surface area (TPSA) is 49.8 Å². The van der Waals surface area contributed by atoms with Crippen molar-refractivity contribution in [3.8, 4) is 0 Å². The van der Waals surface area contributed by atoms with Crippen LogP contribution in [0.5, 0.6) is 0 Å². The van der Waals surface area contributed by atoms with Gasteiger partial charge in [0.05, 0.1) is 12.5 Å². The Kier molecular flexibility index (Phi) is 4.40. The molecule has 1 heterocycles. The highest BCUT2D eigenvalue weighted by molar-refractivity contribution is 5.72. The van der Waals surface area contributed by atoms with Crippen LogP contribution in [0.1, 0.15) is 32.6 Å². The standard InChI is InChI=1S/C13H23NO3/c1-2-17-13(16)11-3-5-12(6-4-11)14-7-10(8-14)9-15/h10-12,15H,2-9H2,1H3. The Balaban J connectivity index is 1.70. The van der Waals surface area contributed by atoms with Gasteiger partial charge in [-0.3, -0.25) is 9.69 Å². The Hall–Kier alpha value is -0.610. The molecular weight excluding hydrogens is 218 g/mol. The number of carbonyl (C=O) groups is 1. The molecule has 1 saturated carbocycles. The zero-order valence-corrected chi connectivity index (χ0v) is 10.6. The fraction of sp³-hybridized carbons (Fsp3) is 0.923. The molecule has 0 radical (unpaired) electrons. The summed E-state index contributed by atoms with van der Waals surface area (Å²) in [5.41, 5.74) is 0. The van der Waals surface area contributed by atoms with Gasteiger partial charge in [-0.05, 0) is 32.6 Å². The van der Waals surface area contributed by atoms with Crippen LogP contribution in [0.15, 0.2) is 0 Å². The molecule has 1 aliphatic heterocycles. The largest absolute Gasteiger partial charge is 0.466 e. The maximum absolute atomic E-state index is 11.6. The molecule has 2 aliphatic rings. The highest BCUT2D eigenvalue weighted by atomic mass is 16.5. The molecule has 17 heavy (non-hydrogen) atoms. The molecule has 0 unspecified atom stereocenters. The van der Waals surface area contributed by atoms with Gasteiger partial charge in [0.1, 0.15) is 0 Å². The minimum Gasteiger partial charge on any atom is -0.466 e. The van der Waals surface area contributed by atoms with Crippen LogP contribution in [0, 0.1) is 11.8 Å². The lowest BCUT2D eigenvalue weighted by Gasteiger charge is -2.45. The van der Waals surface area contributed by atoms with Gasteiger partial charge >= 0.3 is 5.97 Å². The predicted octanol–water partition coefficient (Wildman–Crippen LogP) is 1.03. The molecule has 4 heteroatoms. The highest BCUT2D eigenvalue weighted by Gasteiger charge is 2.35. The Morgan fingerprint density at radius 1 is 1.29 bits per heavy atom. The van der Waals surface area contributed by atoms with Crippen LogP contribution in [0.2, 0.25) is 0 Å². The number of ether oxygens (including phenoxy) is 1. The van der Waals surface area contributed by atoms with Gasteiger partial charge in [-0.1, -0.05) is 0 Å². The normalized spacial score (nSPS) is 30.9. The lowest BCUT2D eigenvalue weighted by molar-refractivity contribution is -0.149. The average molecular weight is 241 g/mol. The van der Waals surface area contributed by atoms with E-state index in [0.717, 1.165) is 38.8 Å². The van der Waals surface area contributed by atoms with Crippen LogP contribution in [0.4, 0.5) is 0 Å². The number of carbonyl (C=O) groups excluding carboxylic acids is 1. The van der Waals surface area contributed by atoms with Crippen LogP contribution in [-0.4, -0.2) is 48.3 Å². The summed E-state index contributed by atoms with van der Waals surface area (Å²) in [5.74, 6) is 0.599. The third-order valence-corrected chi connectivity index (χ3v) is 4.08. The van der Waals surface area contributed by atoms with E-state index >= 15 is 0 Å². The molecule has 0 amide bonds. The molecule has 1 aliphatic carbocycles. The van der Waals surface area contributed by atoms with Crippen molar-refractivity contribution in [1.82, 2.24) is 4.90 Å². The van der Waals surface area contributed by atoms with Gasteiger partial charge in [-0.2, -0.15) is 0 Å². The van der Waals surface area contributed by atoms with Crippen molar-refractivity contribution in [2.24, 2.45) is 11.8 Å². The lowest BCUT2D eigenvalue weighted by Crippen LogP contribution is -2.54. The average Bonchev–Trinajstić information content (AvgIpc) is 2.29. The molecule has 0 aromatic carbocycles. The molecule has 1 saturated heterocycles. The van der Waals surface area contributed by atoms with E-state index in [0.29, 0.717) is 25.2 Å². The van der Waals surface area contributed by atoms with Crippen LogP contribution in [0.3, 0.4) is 0 Å². The monoisotopic (exact) mass is 241 g/mol. The molecule has 1 N–H and O–H groups in total. The number of aliphatic hydroxyl groups is 1. The minimum atomic E-state index is -0.0113. The van der Waals surface area contributed by atoms with Crippen LogP contribution in [-0.2, 0) is 9.53 Å². The molecule has 0 aromatic heterocycles. The second kappa shape index (κ2) is 5.83. The van der Waals surface area contributed by atoms with Gasteiger partial charge in [0, 0.05) is 31.7 Å². The van der Waals surface area contributed by atoms with E-state index in [2.05, 4.69) is 4.90 Å². The summed E-state index contributed by atoms with van der Waals surface area (Å²) in [7, 11) is 0. The summed E-state index contributed by atoms with van der Waals surface area (Å²) in [6.45, 7) is 4.73. The third-order valence-electron chi connectivity index (χ3n) is 4.08. The molecule has 0 aromatic rings. The first kappa shape index (κ1) is 12.8. The summed E-state index contributed by atoms with van der Waals surface area (Å²) >= 11 is 0. The Morgan fingerprint density at radius 2 is 1.94 bits per heavy atom. The van der Waals surface area contributed by atoms with Crippen LogP contribution in [0.25, 0.3) is 0 Å². The van der Waals surface area contributed by atoms with E-state index < -0.39 is 0 Å². The smallest absolute Gasteiger partial charge is 0.308 e. The summed E-state index contributed by atoms with van der Waals surface area (Å²) in [6, 6.07) is 0.628.